The molecule has 20 atom stereocenters. The Morgan fingerprint density at radius 3 is 1.98 bits per heavy atom. The lowest BCUT2D eigenvalue weighted by atomic mass is 9.84. The largest absolute Gasteiger partial charge is 0.389 e. The second-order valence-corrected chi connectivity index (χ2v) is 15.1. The summed E-state index contributed by atoms with van der Waals surface area (Å²) in [5.74, 6) is -0.441. The smallest absolute Gasteiger partial charge is 0.237 e. The predicted octanol–water partition coefficient (Wildman–Crippen LogP) is -9.69. The van der Waals surface area contributed by atoms with E-state index >= 15 is 0 Å². The third-order valence-electron chi connectivity index (χ3n) is 10.9. The zero-order valence-corrected chi connectivity index (χ0v) is 31.4. The number of nitrogens with zero attached hydrogens (tertiary/aromatic N) is 4. The van der Waals surface area contributed by atoms with E-state index in [-0.39, 0.29) is 39.0 Å². The molecule has 4 aliphatic rings. The number of nitrogens with one attached hydrogen (secondary N) is 2. The Kier molecular flexibility index (Phi) is 14.8. The maximum absolute atomic E-state index is 12.6. The van der Waals surface area contributed by atoms with Crippen LogP contribution in [0.1, 0.15) is 17.8 Å². The second-order valence-electron chi connectivity index (χ2n) is 15.1. The Bertz CT molecular complexity index is 1600. The van der Waals surface area contributed by atoms with Crippen molar-refractivity contribution in [1.29, 1.82) is 0 Å². The van der Waals surface area contributed by atoms with Gasteiger partial charge in [0, 0.05) is 43.5 Å². The van der Waals surface area contributed by atoms with Crippen molar-refractivity contribution in [2.45, 2.75) is 148 Å². The molecule has 3 saturated heterocycles. The van der Waals surface area contributed by atoms with Gasteiger partial charge in [-0.3, -0.25) is 4.79 Å². The van der Waals surface area contributed by atoms with Crippen LogP contribution in [0.25, 0.3) is 0 Å². The van der Waals surface area contributed by atoms with Crippen LogP contribution in [-0.2, 0) is 52.7 Å². The number of H-pyrrole nitrogens is 1. The minimum Gasteiger partial charge on any atom is -0.389 e. The van der Waals surface area contributed by atoms with Crippen LogP contribution < -0.4 is 45.5 Å². The Morgan fingerprint density at radius 2 is 1.40 bits per heavy atom. The number of aliphatic hydroxyl groups is 6. The summed E-state index contributed by atoms with van der Waals surface area (Å²) in [6.45, 7) is -0.557. The van der Waals surface area contributed by atoms with Gasteiger partial charge in [-0.15, -0.1) is 5.10 Å². The maximum Gasteiger partial charge on any atom is 0.237 e. The van der Waals surface area contributed by atoms with Crippen molar-refractivity contribution in [2.24, 2.45) is 40.1 Å². The highest BCUT2D eigenvalue weighted by Gasteiger charge is 2.54. The molecule has 1 amide bonds. The summed E-state index contributed by atoms with van der Waals surface area (Å²) in [5.41, 5.74) is 43.6. The summed E-state index contributed by atoms with van der Waals surface area (Å²) in [6, 6.07) is -5.25. The number of aromatic amines is 1. The fourth-order valence-electron chi connectivity index (χ4n) is 7.47. The molecule has 58 heavy (non-hydrogen) atoms. The van der Waals surface area contributed by atoms with E-state index in [1.54, 1.807) is 6.20 Å². The normalized spacial score (nSPS) is 42.7. The number of aliphatic hydroxyl groups excluding tert-OH is 6. The molecule has 1 aliphatic carbocycles. The highest BCUT2D eigenvalue weighted by Crippen LogP contribution is 2.35. The first-order valence-corrected chi connectivity index (χ1v) is 18.9. The van der Waals surface area contributed by atoms with Crippen LogP contribution in [0.5, 0.6) is 0 Å². The minimum absolute atomic E-state index is 0.0291. The molecule has 0 aromatic carbocycles. The van der Waals surface area contributed by atoms with Gasteiger partial charge in [-0.2, -0.15) is 0 Å². The lowest BCUT2D eigenvalue weighted by molar-refractivity contribution is -0.306. The molecule has 22 N–H and O–H groups in total. The van der Waals surface area contributed by atoms with E-state index in [1.807, 2.05) is 0 Å². The molecule has 1 saturated carbocycles. The van der Waals surface area contributed by atoms with E-state index in [4.69, 9.17) is 68.6 Å². The first kappa shape index (κ1) is 44.6. The van der Waals surface area contributed by atoms with Gasteiger partial charge in [0.15, 0.2) is 18.9 Å². The van der Waals surface area contributed by atoms with Crippen molar-refractivity contribution in [3.05, 3.63) is 30.1 Å². The van der Waals surface area contributed by atoms with Crippen molar-refractivity contribution in [3.8, 4) is 0 Å². The van der Waals surface area contributed by atoms with Gasteiger partial charge in [0.05, 0.1) is 49.8 Å². The monoisotopic (exact) mass is 831 g/mol. The van der Waals surface area contributed by atoms with Crippen molar-refractivity contribution >= 4 is 5.91 Å². The van der Waals surface area contributed by atoms with Crippen molar-refractivity contribution in [3.63, 3.8) is 0 Å². The summed E-state index contributed by atoms with van der Waals surface area (Å²) in [4.78, 5) is 19.4. The van der Waals surface area contributed by atoms with Crippen LogP contribution in [-0.4, -0.2) is 197 Å². The Labute approximate surface area is 331 Å². The zero-order valence-electron chi connectivity index (χ0n) is 31.4. The molecule has 0 bridgehead atoms. The Balaban J connectivity index is 1.19. The van der Waals surface area contributed by atoms with Gasteiger partial charge < -0.3 is 109 Å². The zero-order chi connectivity index (χ0) is 42.0. The lowest BCUT2D eigenvalue weighted by Gasteiger charge is -2.47. The van der Waals surface area contributed by atoms with Gasteiger partial charge in [-0.1, -0.05) is 5.21 Å². The van der Waals surface area contributed by atoms with E-state index in [0.717, 1.165) is 0 Å². The quantitative estimate of drug-likeness (QED) is 0.0792. The molecule has 26 nitrogen and oxygen atoms in total. The standard InChI is InChI=1S/C32H57N13O13/c33-3-15-21(47)23(49)18(38)30(53-15)56-26-13(36)2-12(35)20(46)28(26)58-32-25(51)27(57-31-19(39)24(50)22(48)16(4-34)54-31)17(55-32)8-45-7-11(43-44-45)6-41-29(52)14(37)1-10-5-40-9-42-10/h5,7,9,12-28,30-32,46-51H,1-4,6,8,33-39H2,(H,40,42)(H,41,52)/t12-,13?,14+,15?,16+,17-,18?,19?,20?,21-,22-,23-,24?,25?,26+,27+,28-,30-,31-,32+/m1/s1. The molecule has 2 aromatic heterocycles. The molecular weight excluding hydrogens is 774 g/mol. The Hall–Kier alpha value is -2.94. The molecule has 5 heterocycles. The maximum atomic E-state index is 12.6. The predicted molar refractivity (Wildman–Crippen MR) is 193 cm³/mol. The number of rotatable bonds is 15. The van der Waals surface area contributed by atoms with Crippen LogP contribution in [0, 0.1) is 0 Å². The van der Waals surface area contributed by atoms with Gasteiger partial charge in [-0.25, -0.2) is 9.67 Å². The molecule has 26 heteroatoms. The van der Waals surface area contributed by atoms with E-state index in [1.165, 1.54) is 17.2 Å². The van der Waals surface area contributed by atoms with Crippen LogP contribution in [0.4, 0.5) is 0 Å². The van der Waals surface area contributed by atoms with Crippen LogP contribution in [0.2, 0.25) is 0 Å². The number of nitrogens with two attached hydrogens (primary N) is 7. The Morgan fingerprint density at radius 1 is 0.810 bits per heavy atom. The number of carbonyl (C=O) groups excluding carboxylic acids is 1. The summed E-state index contributed by atoms with van der Waals surface area (Å²) < 4.78 is 37.6. The third kappa shape index (κ3) is 9.65. The van der Waals surface area contributed by atoms with E-state index in [2.05, 4.69) is 25.6 Å². The number of hydrogen-bond acceptors (Lipinski definition) is 23. The minimum atomic E-state index is -1.66. The molecular formula is C32H57N13O13. The molecule has 3 aliphatic heterocycles. The van der Waals surface area contributed by atoms with E-state index < -0.39 is 128 Å². The second kappa shape index (κ2) is 19.2. The fraction of sp³-hybridized carbons (Fsp3) is 0.812. The number of ether oxygens (including phenoxy) is 6. The SMILES string of the molecule is NCC1O[C@H](O[C@H]2C(N)C[C@@H](N)C(O)[C@H]2O[C@@H]2O[C@H](Cn3cc(CNC(=O)[C@@H](N)Cc4cnc[nH]4)nn3)[C@H](O[C@H]3O[C@@H](CN)[C@@H](O)C(O)C3N)C2O)C(N)[C@@H](O)[C@@H]1O. The van der Waals surface area contributed by atoms with E-state index in [9.17, 15) is 35.4 Å². The molecule has 0 radical (unpaired) electrons. The van der Waals surface area contributed by atoms with Crippen molar-refractivity contribution in [1.82, 2.24) is 30.3 Å². The molecule has 2 aromatic rings. The lowest BCUT2D eigenvalue weighted by Crippen LogP contribution is -2.68. The molecule has 0 spiro atoms. The number of imidazole rings is 1. The summed E-state index contributed by atoms with van der Waals surface area (Å²) >= 11 is 0. The first-order chi connectivity index (χ1) is 27.6. The van der Waals surface area contributed by atoms with Gasteiger partial charge in [0.25, 0.3) is 0 Å². The first-order valence-electron chi connectivity index (χ1n) is 18.9. The van der Waals surface area contributed by atoms with Gasteiger partial charge in [0.2, 0.25) is 5.91 Å². The number of hydrogen-bond donors (Lipinski definition) is 15. The van der Waals surface area contributed by atoms with Crippen molar-refractivity contribution in [2.75, 3.05) is 13.1 Å². The fourth-order valence-corrected chi connectivity index (χ4v) is 7.47. The summed E-state index contributed by atoms with van der Waals surface area (Å²) in [7, 11) is 0. The summed E-state index contributed by atoms with van der Waals surface area (Å²) in [5, 5.41) is 76.0. The van der Waals surface area contributed by atoms with Crippen molar-refractivity contribution < 1.29 is 63.9 Å². The highest BCUT2D eigenvalue weighted by molar-refractivity contribution is 5.81. The van der Waals surface area contributed by atoms with E-state index in [0.29, 0.717) is 11.4 Å². The average molecular weight is 832 g/mol. The number of amides is 1. The van der Waals surface area contributed by atoms with Gasteiger partial charge >= 0.3 is 0 Å². The molecule has 6 rings (SSSR count). The number of carbonyl (C=O) groups is 1. The third-order valence-corrected chi connectivity index (χ3v) is 10.9. The van der Waals surface area contributed by atoms with Gasteiger partial charge in [0.1, 0.15) is 72.8 Å². The van der Waals surface area contributed by atoms with Gasteiger partial charge in [-0.05, 0) is 6.42 Å². The highest BCUT2D eigenvalue weighted by atomic mass is 16.8. The van der Waals surface area contributed by atoms with Crippen LogP contribution in [0.3, 0.4) is 0 Å². The summed E-state index contributed by atoms with van der Waals surface area (Å²) in [6.07, 6.45) is -15.6. The van der Waals surface area contributed by atoms with Crippen LogP contribution in [0.15, 0.2) is 18.7 Å². The number of aromatic nitrogens is 5. The molecule has 328 valence electrons. The van der Waals surface area contributed by atoms with Crippen LogP contribution >= 0.6 is 0 Å². The topological polar surface area (TPSA) is 447 Å². The molecule has 4 fully saturated rings. The molecule has 7 unspecified atom stereocenters. The average Bonchev–Trinajstić information content (AvgIpc) is 3.96.